The lowest BCUT2D eigenvalue weighted by atomic mass is 9.74. The minimum absolute atomic E-state index is 0.0248. The van der Waals surface area contributed by atoms with Crippen molar-refractivity contribution in [3.05, 3.63) is 88.4 Å². The number of rotatable bonds is 6. The van der Waals surface area contributed by atoms with E-state index >= 15 is 0 Å². The first kappa shape index (κ1) is 22.3. The number of likely N-dealkylation sites (tertiary alicyclic amines) is 1. The fourth-order valence-electron chi connectivity index (χ4n) is 5.07. The zero-order valence-electron chi connectivity index (χ0n) is 18.7. The Labute approximate surface area is 202 Å². The highest BCUT2D eigenvalue weighted by molar-refractivity contribution is 7.08. The van der Waals surface area contributed by atoms with E-state index < -0.39 is 5.54 Å². The summed E-state index contributed by atoms with van der Waals surface area (Å²) in [5, 5.41) is 6.86. The number of aromatic nitrogens is 1. The first-order valence-electron chi connectivity index (χ1n) is 11.5. The molecule has 0 aliphatic carbocycles. The number of urea groups is 1. The molecule has 1 N–H and O–H groups in total. The van der Waals surface area contributed by atoms with Crippen molar-refractivity contribution >= 4 is 29.2 Å². The van der Waals surface area contributed by atoms with Gasteiger partial charge in [-0.15, -0.1) is 0 Å². The van der Waals surface area contributed by atoms with Crippen LogP contribution in [0.2, 0.25) is 0 Å². The molecule has 2 aromatic heterocycles. The SMILES string of the molecule is O=C(c1ccsc1)N1CCC(C2(Cc3ccccc3)NC(=O)N(Cc3cccnc3)C2=O)CC1. The summed E-state index contributed by atoms with van der Waals surface area (Å²) in [7, 11) is 0. The molecule has 1 unspecified atom stereocenters. The van der Waals surface area contributed by atoms with E-state index in [-0.39, 0.29) is 30.3 Å². The number of amides is 4. The Hall–Kier alpha value is -3.52. The van der Waals surface area contributed by atoms with Gasteiger partial charge in [-0.05, 0) is 47.4 Å². The average molecular weight is 475 g/mol. The predicted octanol–water partition coefficient (Wildman–Crippen LogP) is 3.73. The Kier molecular flexibility index (Phi) is 6.15. The molecule has 4 heterocycles. The maximum atomic E-state index is 13.9. The van der Waals surface area contributed by atoms with Crippen LogP contribution in [-0.4, -0.2) is 51.3 Å². The van der Waals surface area contributed by atoms with Gasteiger partial charge >= 0.3 is 6.03 Å². The van der Waals surface area contributed by atoms with Crippen molar-refractivity contribution in [1.82, 2.24) is 20.1 Å². The van der Waals surface area contributed by atoms with Gasteiger partial charge in [0.05, 0.1) is 12.1 Å². The molecule has 8 heteroatoms. The van der Waals surface area contributed by atoms with Gasteiger partial charge in [0.25, 0.3) is 11.8 Å². The normalized spacial score (nSPS) is 21.1. The predicted molar refractivity (Wildman–Crippen MR) is 129 cm³/mol. The summed E-state index contributed by atoms with van der Waals surface area (Å²) in [5.74, 6) is -0.251. The van der Waals surface area contributed by atoms with Crippen LogP contribution in [0.3, 0.4) is 0 Å². The molecule has 1 aromatic carbocycles. The van der Waals surface area contributed by atoms with Gasteiger partial charge in [-0.2, -0.15) is 11.3 Å². The van der Waals surface area contributed by atoms with Gasteiger partial charge < -0.3 is 10.2 Å². The molecule has 0 spiro atoms. The number of pyridine rings is 1. The van der Waals surface area contributed by atoms with Crippen LogP contribution in [0.5, 0.6) is 0 Å². The molecule has 2 saturated heterocycles. The molecule has 2 aliphatic heterocycles. The van der Waals surface area contributed by atoms with Crippen LogP contribution >= 0.6 is 11.3 Å². The molecule has 2 fully saturated rings. The molecule has 3 aromatic rings. The number of hydrogen-bond donors (Lipinski definition) is 1. The molecule has 5 rings (SSSR count). The van der Waals surface area contributed by atoms with Gasteiger partial charge in [-0.1, -0.05) is 36.4 Å². The van der Waals surface area contributed by atoms with Gasteiger partial charge in [-0.3, -0.25) is 19.5 Å². The second-order valence-electron chi connectivity index (χ2n) is 8.89. The summed E-state index contributed by atoms with van der Waals surface area (Å²) in [6, 6.07) is 14.9. The van der Waals surface area contributed by atoms with E-state index in [1.54, 1.807) is 18.5 Å². The molecule has 174 valence electrons. The zero-order chi connectivity index (χ0) is 23.5. The Morgan fingerprint density at radius 1 is 1.06 bits per heavy atom. The first-order chi connectivity index (χ1) is 16.6. The van der Waals surface area contributed by atoms with Crippen molar-refractivity contribution in [3.63, 3.8) is 0 Å². The summed E-state index contributed by atoms with van der Waals surface area (Å²) >= 11 is 1.51. The highest BCUT2D eigenvalue weighted by atomic mass is 32.1. The summed E-state index contributed by atoms with van der Waals surface area (Å²) in [6.45, 7) is 1.30. The smallest absolute Gasteiger partial charge is 0.325 e. The molecule has 1 atom stereocenters. The minimum Gasteiger partial charge on any atom is -0.339 e. The van der Waals surface area contributed by atoms with E-state index in [0.717, 1.165) is 11.1 Å². The number of carbonyl (C=O) groups excluding carboxylic acids is 3. The van der Waals surface area contributed by atoms with Gasteiger partial charge in [0.15, 0.2) is 0 Å². The maximum Gasteiger partial charge on any atom is 0.325 e. The van der Waals surface area contributed by atoms with Crippen molar-refractivity contribution in [2.75, 3.05) is 13.1 Å². The molecule has 2 aliphatic rings. The van der Waals surface area contributed by atoms with Gasteiger partial charge in [0.1, 0.15) is 5.54 Å². The summed E-state index contributed by atoms with van der Waals surface area (Å²) in [6.07, 6.45) is 5.06. The maximum absolute atomic E-state index is 13.9. The highest BCUT2D eigenvalue weighted by Gasteiger charge is 2.56. The van der Waals surface area contributed by atoms with Gasteiger partial charge in [-0.25, -0.2) is 4.79 Å². The zero-order valence-corrected chi connectivity index (χ0v) is 19.5. The van der Waals surface area contributed by atoms with E-state index in [0.29, 0.717) is 37.9 Å². The third kappa shape index (κ3) is 4.21. The van der Waals surface area contributed by atoms with Crippen molar-refractivity contribution < 1.29 is 14.4 Å². The fourth-order valence-corrected chi connectivity index (χ4v) is 5.70. The molecule has 0 saturated carbocycles. The van der Waals surface area contributed by atoms with Crippen molar-refractivity contribution in [3.8, 4) is 0 Å². The van der Waals surface area contributed by atoms with Crippen LogP contribution in [0.25, 0.3) is 0 Å². The Morgan fingerprint density at radius 2 is 1.82 bits per heavy atom. The fraction of sp³-hybridized carbons (Fsp3) is 0.308. The van der Waals surface area contributed by atoms with Crippen LogP contribution < -0.4 is 5.32 Å². The van der Waals surface area contributed by atoms with Crippen molar-refractivity contribution in [1.29, 1.82) is 0 Å². The lowest BCUT2D eigenvalue weighted by molar-refractivity contribution is -0.134. The summed E-state index contributed by atoms with van der Waals surface area (Å²) in [5.41, 5.74) is 1.47. The standard InChI is InChI=1S/C26H26N4O3S/c31-23(21-10-14-34-18-21)29-12-8-22(9-13-29)26(15-19-5-2-1-3-6-19)24(32)30(25(33)28-26)17-20-7-4-11-27-16-20/h1-7,10-11,14,16,18,22H,8-9,12-13,15,17H2,(H,28,33). The van der Waals surface area contributed by atoms with E-state index in [9.17, 15) is 14.4 Å². The second-order valence-corrected chi connectivity index (χ2v) is 9.67. The largest absolute Gasteiger partial charge is 0.339 e. The van der Waals surface area contributed by atoms with Crippen LogP contribution in [0, 0.1) is 5.92 Å². The number of carbonyl (C=O) groups is 3. The molecule has 34 heavy (non-hydrogen) atoms. The number of benzene rings is 1. The lowest BCUT2D eigenvalue weighted by Crippen LogP contribution is -2.58. The van der Waals surface area contributed by atoms with Gasteiger partial charge in [0, 0.05) is 37.3 Å². The Morgan fingerprint density at radius 3 is 2.50 bits per heavy atom. The average Bonchev–Trinajstić information content (AvgIpc) is 3.49. The van der Waals surface area contributed by atoms with E-state index in [1.807, 2.05) is 58.1 Å². The highest BCUT2D eigenvalue weighted by Crippen LogP contribution is 2.37. The van der Waals surface area contributed by atoms with Crippen molar-refractivity contribution in [2.45, 2.75) is 31.3 Å². The van der Waals surface area contributed by atoms with Crippen LogP contribution in [0.4, 0.5) is 4.79 Å². The number of nitrogens with one attached hydrogen (secondary N) is 1. The quantitative estimate of drug-likeness (QED) is 0.552. The molecule has 4 amide bonds. The monoisotopic (exact) mass is 474 g/mol. The third-order valence-corrected chi connectivity index (χ3v) is 7.52. The summed E-state index contributed by atoms with van der Waals surface area (Å²) in [4.78, 5) is 47.0. The number of nitrogens with zero attached hydrogens (tertiary/aromatic N) is 3. The number of thiophene rings is 1. The second kappa shape index (κ2) is 9.38. The number of imide groups is 1. The topological polar surface area (TPSA) is 82.6 Å². The molecular formula is C26H26N4O3S. The molecule has 0 bridgehead atoms. The third-order valence-electron chi connectivity index (χ3n) is 6.84. The molecule has 7 nitrogen and oxygen atoms in total. The van der Waals surface area contributed by atoms with E-state index in [1.165, 1.54) is 16.2 Å². The minimum atomic E-state index is -1.03. The first-order valence-corrected chi connectivity index (χ1v) is 12.4. The molecule has 0 radical (unpaired) electrons. The van der Waals surface area contributed by atoms with Gasteiger partial charge in [0.2, 0.25) is 0 Å². The van der Waals surface area contributed by atoms with Crippen molar-refractivity contribution in [2.24, 2.45) is 5.92 Å². The molecular weight excluding hydrogens is 448 g/mol. The number of piperidine rings is 1. The van der Waals surface area contributed by atoms with Crippen LogP contribution in [0.1, 0.15) is 34.3 Å². The Bertz CT molecular complexity index is 1160. The van der Waals surface area contributed by atoms with Crippen LogP contribution in [0.15, 0.2) is 71.7 Å². The summed E-state index contributed by atoms with van der Waals surface area (Å²) < 4.78 is 0. The van der Waals surface area contributed by atoms with Crippen LogP contribution in [-0.2, 0) is 17.8 Å². The van der Waals surface area contributed by atoms with E-state index in [2.05, 4.69) is 10.3 Å². The Balaban J connectivity index is 1.39. The van der Waals surface area contributed by atoms with E-state index in [4.69, 9.17) is 0 Å². The number of hydrogen-bond acceptors (Lipinski definition) is 5. The lowest BCUT2D eigenvalue weighted by Gasteiger charge is -2.41.